The molecule has 0 N–H and O–H groups in total. The van der Waals surface area contributed by atoms with Gasteiger partial charge in [0.25, 0.3) is 0 Å². The van der Waals surface area contributed by atoms with E-state index < -0.39 is 0 Å². The number of rotatable bonds is 4. The molecule has 0 aromatic carbocycles. The molecule has 5 aliphatic rings. The fourth-order valence-corrected chi connectivity index (χ4v) is 6.75. The van der Waals surface area contributed by atoms with Crippen LogP contribution in [0.25, 0.3) is 0 Å². The van der Waals surface area contributed by atoms with Crippen molar-refractivity contribution in [2.75, 3.05) is 26.2 Å². The lowest BCUT2D eigenvalue weighted by molar-refractivity contribution is -0.101. The summed E-state index contributed by atoms with van der Waals surface area (Å²) >= 11 is 0. The number of nitrogens with zero attached hydrogens (tertiary/aromatic N) is 4. The van der Waals surface area contributed by atoms with Gasteiger partial charge in [-0.25, -0.2) is 0 Å². The number of aryl methyl sites for hydroxylation is 1. The highest BCUT2D eigenvalue weighted by molar-refractivity contribution is 5.09. The van der Waals surface area contributed by atoms with E-state index in [-0.39, 0.29) is 0 Å². The molecule has 0 amide bonds. The molecule has 0 spiro atoms. The first kappa shape index (κ1) is 15.4. The minimum absolute atomic E-state index is 0.605. The lowest BCUT2D eigenvalue weighted by Gasteiger charge is -2.61. The van der Waals surface area contributed by atoms with Crippen molar-refractivity contribution in [1.29, 1.82) is 0 Å². The Morgan fingerprint density at radius 2 is 1.62 bits per heavy atom. The van der Waals surface area contributed by atoms with E-state index in [1.807, 2.05) is 4.68 Å². The minimum atomic E-state index is 0.605. The summed E-state index contributed by atoms with van der Waals surface area (Å²) in [6, 6.07) is 0. The van der Waals surface area contributed by atoms with E-state index in [0.29, 0.717) is 5.54 Å². The predicted molar refractivity (Wildman–Crippen MR) is 95.7 cm³/mol. The van der Waals surface area contributed by atoms with Crippen LogP contribution in [0.1, 0.15) is 51.0 Å². The quantitative estimate of drug-likeness (QED) is 0.849. The number of hydrogen-bond acceptors (Lipinski definition) is 3. The van der Waals surface area contributed by atoms with Gasteiger partial charge in [-0.05, 0) is 63.2 Å². The SMILES string of the molecule is CCn1cc(CN2CCN(C34CC5CC(CC(C5)C3)C4)CC2)cn1. The van der Waals surface area contributed by atoms with Crippen molar-refractivity contribution in [3.05, 3.63) is 18.0 Å². The van der Waals surface area contributed by atoms with E-state index in [1.54, 1.807) is 19.3 Å². The van der Waals surface area contributed by atoms with Crippen LogP contribution < -0.4 is 0 Å². The van der Waals surface area contributed by atoms with Crippen LogP contribution >= 0.6 is 0 Å². The molecular weight excluding hydrogens is 296 g/mol. The first-order chi connectivity index (χ1) is 11.7. The van der Waals surface area contributed by atoms with E-state index in [0.717, 1.165) is 30.8 Å². The molecule has 4 nitrogen and oxygen atoms in total. The van der Waals surface area contributed by atoms with Crippen LogP contribution in [0.15, 0.2) is 12.4 Å². The van der Waals surface area contributed by atoms with E-state index >= 15 is 0 Å². The molecule has 0 unspecified atom stereocenters. The first-order valence-corrected chi connectivity index (χ1v) is 10.2. The van der Waals surface area contributed by atoms with Crippen LogP contribution in [0.3, 0.4) is 0 Å². The highest BCUT2D eigenvalue weighted by Gasteiger charge is 2.53. The van der Waals surface area contributed by atoms with Crippen LogP contribution in [0.5, 0.6) is 0 Å². The van der Waals surface area contributed by atoms with Crippen molar-refractivity contribution in [3.63, 3.8) is 0 Å². The van der Waals surface area contributed by atoms with Gasteiger partial charge >= 0.3 is 0 Å². The molecule has 0 radical (unpaired) electrons. The summed E-state index contributed by atoms with van der Waals surface area (Å²) in [6.07, 6.45) is 13.5. The van der Waals surface area contributed by atoms with Gasteiger partial charge in [-0.2, -0.15) is 5.10 Å². The largest absolute Gasteiger partial charge is 0.296 e. The Bertz CT molecular complexity index is 549. The molecule has 4 bridgehead atoms. The Balaban J connectivity index is 1.21. The van der Waals surface area contributed by atoms with Gasteiger partial charge in [-0.15, -0.1) is 0 Å². The zero-order chi connectivity index (χ0) is 16.1. The van der Waals surface area contributed by atoms with E-state index in [4.69, 9.17) is 0 Å². The Kier molecular flexibility index (Phi) is 3.75. The Morgan fingerprint density at radius 3 is 2.17 bits per heavy atom. The number of piperazine rings is 1. The second-order valence-corrected chi connectivity index (χ2v) is 9.11. The fourth-order valence-electron chi connectivity index (χ4n) is 6.75. The average molecular weight is 329 g/mol. The molecule has 4 aliphatic carbocycles. The molecule has 5 fully saturated rings. The summed E-state index contributed by atoms with van der Waals surface area (Å²) in [5.41, 5.74) is 1.98. The first-order valence-electron chi connectivity index (χ1n) is 10.2. The van der Waals surface area contributed by atoms with Gasteiger partial charge in [0, 0.05) is 56.6 Å². The molecule has 0 atom stereocenters. The highest BCUT2D eigenvalue weighted by atomic mass is 15.3. The summed E-state index contributed by atoms with van der Waals surface area (Å²) < 4.78 is 2.04. The standard InChI is InChI=1S/C20H32N4/c1-2-24-15-19(13-21-24)14-22-3-5-23(6-4-22)20-10-16-7-17(11-20)9-18(8-16)12-20/h13,15-18H,2-12,14H2,1H3. The Labute approximate surface area is 146 Å². The molecule has 1 aliphatic heterocycles. The van der Waals surface area contributed by atoms with Gasteiger partial charge in [0.05, 0.1) is 6.20 Å². The average Bonchev–Trinajstić information content (AvgIpc) is 3.02. The van der Waals surface area contributed by atoms with Gasteiger partial charge < -0.3 is 0 Å². The predicted octanol–water partition coefficient (Wildman–Crippen LogP) is 2.99. The second-order valence-electron chi connectivity index (χ2n) is 9.11. The lowest BCUT2D eigenvalue weighted by atomic mass is 9.52. The maximum atomic E-state index is 4.42. The van der Waals surface area contributed by atoms with E-state index in [2.05, 4.69) is 34.2 Å². The van der Waals surface area contributed by atoms with Crippen molar-refractivity contribution in [1.82, 2.24) is 19.6 Å². The van der Waals surface area contributed by atoms with Crippen molar-refractivity contribution in [2.45, 2.75) is 64.1 Å². The van der Waals surface area contributed by atoms with Crippen molar-refractivity contribution in [2.24, 2.45) is 17.8 Å². The number of hydrogen-bond donors (Lipinski definition) is 0. The monoisotopic (exact) mass is 328 g/mol. The Hall–Kier alpha value is -0.870. The van der Waals surface area contributed by atoms with Gasteiger partial charge in [0.1, 0.15) is 0 Å². The molecule has 1 saturated heterocycles. The third-order valence-corrected chi connectivity index (χ3v) is 7.47. The van der Waals surface area contributed by atoms with Crippen molar-refractivity contribution >= 4 is 0 Å². The molecule has 24 heavy (non-hydrogen) atoms. The highest BCUT2D eigenvalue weighted by Crippen LogP contribution is 2.57. The van der Waals surface area contributed by atoms with Crippen LogP contribution in [0.4, 0.5) is 0 Å². The maximum Gasteiger partial charge on any atom is 0.0534 e. The minimum Gasteiger partial charge on any atom is -0.296 e. The van der Waals surface area contributed by atoms with Crippen LogP contribution in [0, 0.1) is 17.8 Å². The normalized spacial score (nSPS) is 39.6. The molecule has 2 heterocycles. The molecule has 132 valence electrons. The molecule has 6 rings (SSSR count). The summed E-state index contributed by atoms with van der Waals surface area (Å²) in [6.45, 7) is 9.25. The van der Waals surface area contributed by atoms with Gasteiger partial charge in [0.15, 0.2) is 0 Å². The second kappa shape index (κ2) is 5.84. The third kappa shape index (κ3) is 2.62. The van der Waals surface area contributed by atoms with Crippen molar-refractivity contribution in [3.8, 4) is 0 Å². The third-order valence-electron chi connectivity index (χ3n) is 7.47. The van der Waals surface area contributed by atoms with E-state index in [9.17, 15) is 0 Å². The van der Waals surface area contributed by atoms with E-state index in [1.165, 1.54) is 51.0 Å². The Morgan fingerprint density at radius 1 is 1.00 bits per heavy atom. The zero-order valence-corrected chi connectivity index (χ0v) is 15.2. The van der Waals surface area contributed by atoms with Gasteiger partial charge in [-0.3, -0.25) is 14.5 Å². The van der Waals surface area contributed by atoms with Crippen LogP contribution in [0.2, 0.25) is 0 Å². The van der Waals surface area contributed by atoms with Gasteiger partial charge in [-0.1, -0.05) is 0 Å². The topological polar surface area (TPSA) is 24.3 Å². The molecule has 1 aromatic heterocycles. The maximum absolute atomic E-state index is 4.42. The number of aromatic nitrogens is 2. The summed E-state index contributed by atoms with van der Waals surface area (Å²) in [5, 5.41) is 4.42. The fraction of sp³-hybridized carbons (Fsp3) is 0.850. The molecule has 4 heteroatoms. The van der Waals surface area contributed by atoms with Gasteiger partial charge in [0.2, 0.25) is 0 Å². The zero-order valence-electron chi connectivity index (χ0n) is 15.2. The summed E-state index contributed by atoms with van der Waals surface area (Å²) in [5.74, 6) is 3.19. The summed E-state index contributed by atoms with van der Waals surface area (Å²) in [7, 11) is 0. The lowest BCUT2D eigenvalue weighted by Crippen LogP contribution is -2.63. The molecule has 1 aromatic rings. The summed E-state index contributed by atoms with van der Waals surface area (Å²) in [4.78, 5) is 5.55. The molecular formula is C20H32N4. The smallest absolute Gasteiger partial charge is 0.0534 e. The van der Waals surface area contributed by atoms with Crippen molar-refractivity contribution < 1.29 is 0 Å². The molecule has 4 saturated carbocycles. The van der Waals surface area contributed by atoms with Crippen LogP contribution in [-0.4, -0.2) is 51.3 Å². The van der Waals surface area contributed by atoms with Crippen LogP contribution in [-0.2, 0) is 13.1 Å².